The standard InChI is InChI=1S/C16H14N2O3/c1-10-6-7-18-13(8-10)14(16(19)20)17-15(18)11-4-3-5-12(9-11)21-2/h3-9H,1-2H3,(H,19,20). The van der Waals surface area contributed by atoms with Crippen LogP contribution in [0.1, 0.15) is 16.1 Å². The van der Waals surface area contributed by atoms with E-state index < -0.39 is 5.97 Å². The molecule has 1 N–H and O–H groups in total. The number of benzene rings is 1. The monoisotopic (exact) mass is 282 g/mol. The van der Waals surface area contributed by atoms with Gasteiger partial charge in [-0.25, -0.2) is 9.78 Å². The first-order valence-electron chi connectivity index (χ1n) is 6.46. The second-order valence-corrected chi connectivity index (χ2v) is 4.78. The van der Waals surface area contributed by atoms with E-state index in [-0.39, 0.29) is 5.69 Å². The van der Waals surface area contributed by atoms with Gasteiger partial charge in [-0.1, -0.05) is 12.1 Å². The lowest BCUT2D eigenvalue weighted by Crippen LogP contribution is -1.97. The minimum Gasteiger partial charge on any atom is -0.497 e. The number of aromatic carboxylic acids is 1. The number of carboxylic acid groups (broad SMARTS) is 1. The maximum atomic E-state index is 11.4. The molecule has 0 unspecified atom stereocenters. The number of pyridine rings is 1. The molecule has 0 bridgehead atoms. The lowest BCUT2D eigenvalue weighted by Gasteiger charge is -2.04. The Bertz CT molecular complexity index is 837. The number of imidazole rings is 1. The smallest absolute Gasteiger partial charge is 0.356 e. The number of methoxy groups -OCH3 is 1. The van der Waals surface area contributed by atoms with E-state index in [2.05, 4.69) is 4.98 Å². The minimum atomic E-state index is -1.03. The van der Waals surface area contributed by atoms with Gasteiger partial charge in [0.15, 0.2) is 5.69 Å². The lowest BCUT2D eigenvalue weighted by molar-refractivity contribution is 0.0693. The summed E-state index contributed by atoms with van der Waals surface area (Å²) in [5.74, 6) is 0.252. The van der Waals surface area contributed by atoms with Crippen LogP contribution >= 0.6 is 0 Å². The fourth-order valence-corrected chi connectivity index (χ4v) is 2.31. The van der Waals surface area contributed by atoms with Crippen LogP contribution < -0.4 is 4.74 Å². The molecule has 0 atom stereocenters. The number of fused-ring (bicyclic) bond motifs is 1. The summed E-state index contributed by atoms with van der Waals surface area (Å²) in [6.45, 7) is 1.92. The van der Waals surface area contributed by atoms with Crippen molar-refractivity contribution in [3.8, 4) is 17.1 Å². The Balaban J connectivity index is 2.29. The van der Waals surface area contributed by atoms with Gasteiger partial charge < -0.3 is 9.84 Å². The molecule has 1 aromatic carbocycles. The molecule has 0 saturated heterocycles. The summed E-state index contributed by atoms with van der Waals surface area (Å²) >= 11 is 0. The van der Waals surface area contributed by atoms with Crippen molar-refractivity contribution in [1.29, 1.82) is 0 Å². The molecular weight excluding hydrogens is 268 g/mol. The van der Waals surface area contributed by atoms with Crippen molar-refractivity contribution in [3.05, 3.63) is 53.9 Å². The van der Waals surface area contributed by atoms with E-state index in [0.29, 0.717) is 17.1 Å². The Kier molecular flexibility index (Phi) is 3.10. The molecule has 0 aliphatic carbocycles. The van der Waals surface area contributed by atoms with Crippen LogP contribution in [0.3, 0.4) is 0 Å². The highest BCUT2D eigenvalue weighted by molar-refractivity contribution is 5.95. The molecule has 0 aliphatic rings. The van der Waals surface area contributed by atoms with Crippen molar-refractivity contribution in [2.24, 2.45) is 0 Å². The molecular formula is C16H14N2O3. The average molecular weight is 282 g/mol. The highest BCUT2D eigenvalue weighted by Crippen LogP contribution is 2.26. The zero-order valence-electron chi connectivity index (χ0n) is 11.7. The van der Waals surface area contributed by atoms with Crippen molar-refractivity contribution < 1.29 is 14.6 Å². The van der Waals surface area contributed by atoms with Crippen LogP contribution in [-0.4, -0.2) is 27.6 Å². The number of aryl methyl sites for hydroxylation is 1. The number of carbonyl (C=O) groups is 1. The van der Waals surface area contributed by atoms with Crippen LogP contribution in [0.2, 0.25) is 0 Å². The predicted octanol–water partition coefficient (Wildman–Crippen LogP) is 3.02. The van der Waals surface area contributed by atoms with Crippen molar-refractivity contribution in [1.82, 2.24) is 9.38 Å². The largest absolute Gasteiger partial charge is 0.497 e. The van der Waals surface area contributed by atoms with Crippen molar-refractivity contribution in [2.75, 3.05) is 7.11 Å². The van der Waals surface area contributed by atoms with E-state index in [1.165, 1.54) is 0 Å². The minimum absolute atomic E-state index is 0.0523. The molecule has 0 spiro atoms. The first kappa shape index (κ1) is 13.2. The lowest BCUT2D eigenvalue weighted by atomic mass is 10.2. The predicted molar refractivity (Wildman–Crippen MR) is 78.9 cm³/mol. The summed E-state index contributed by atoms with van der Waals surface area (Å²) < 4.78 is 6.99. The van der Waals surface area contributed by atoms with E-state index in [4.69, 9.17) is 4.74 Å². The van der Waals surface area contributed by atoms with Crippen LogP contribution in [0.15, 0.2) is 42.6 Å². The number of hydrogen-bond acceptors (Lipinski definition) is 3. The van der Waals surface area contributed by atoms with E-state index in [9.17, 15) is 9.90 Å². The van der Waals surface area contributed by atoms with Gasteiger partial charge in [0.2, 0.25) is 0 Å². The SMILES string of the molecule is COc1cccc(-c2nc(C(=O)O)c3cc(C)ccn23)c1. The molecule has 2 aromatic heterocycles. The molecule has 0 aliphatic heterocycles. The Morgan fingerprint density at radius 2 is 2.10 bits per heavy atom. The molecule has 21 heavy (non-hydrogen) atoms. The molecule has 5 heteroatoms. The fraction of sp³-hybridized carbons (Fsp3) is 0.125. The van der Waals surface area contributed by atoms with Gasteiger partial charge in [-0.15, -0.1) is 0 Å². The third kappa shape index (κ3) is 2.23. The molecule has 0 radical (unpaired) electrons. The van der Waals surface area contributed by atoms with E-state index in [1.54, 1.807) is 11.5 Å². The second-order valence-electron chi connectivity index (χ2n) is 4.78. The highest BCUT2D eigenvalue weighted by atomic mass is 16.5. The summed E-state index contributed by atoms with van der Waals surface area (Å²) in [5.41, 5.74) is 2.43. The molecule has 3 rings (SSSR count). The normalized spacial score (nSPS) is 10.8. The van der Waals surface area contributed by atoms with Crippen molar-refractivity contribution in [2.45, 2.75) is 6.92 Å². The molecule has 2 heterocycles. The maximum Gasteiger partial charge on any atom is 0.356 e. The van der Waals surface area contributed by atoms with Crippen LogP contribution in [0, 0.1) is 6.92 Å². The molecule has 0 saturated carbocycles. The number of nitrogens with zero attached hydrogens (tertiary/aromatic N) is 2. The zero-order chi connectivity index (χ0) is 15.0. The van der Waals surface area contributed by atoms with Crippen LogP contribution in [0.25, 0.3) is 16.9 Å². The van der Waals surface area contributed by atoms with Gasteiger partial charge in [0.25, 0.3) is 0 Å². The molecule has 0 fully saturated rings. The third-order valence-corrected chi connectivity index (χ3v) is 3.33. The first-order chi connectivity index (χ1) is 10.1. The fourth-order valence-electron chi connectivity index (χ4n) is 2.31. The molecule has 0 amide bonds. The number of ether oxygens (including phenoxy) is 1. The van der Waals surface area contributed by atoms with Gasteiger partial charge in [-0.2, -0.15) is 0 Å². The van der Waals surface area contributed by atoms with E-state index >= 15 is 0 Å². The van der Waals surface area contributed by atoms with Gasteiger partial charge in [0.1, 0.15) is 11.6 Å². The summed E-state index contributed by atoms with van der Waals surface area (Å²) in [6, 6.07) is 11.1. The Morgan fingerprint density at radius 3 is 2.81 bits per heavy atom. The third-order valence-electron chi connectivity index (χ3n) is 3.33. The summed E-state index contributed by atoms with van der Waals surface area (Å²) in [4.78, 5) is 15.7. The first-order valence-corrected chi connectivity index (χ1v) is 6.46. The van der Waals surface area contributed by atoms with Gasteiger partial charge in [0.05, 0.1) is 12.6 Å². The average Bonchev–Trinajstić information content (AvgIpc) is 2.86. The van der Waals surface area contributed by atoms with Gasteiger partial charge in [0, 0.05) is 11.8 Å². The number of aromatic nitrogens is 2. The summed E-state index contributed by atoms with van der Waals surface area (Å²) in [5, 5.41) is 9.33. The quantitative estimate of drug-likeness (QED) is 0.802. The van der Waals surface area contributed by atoms with Crippen LogP contribution in [-0.2, 0) is 0 Å². The number of hydrogen-bond donors (Lipinski definition) is 1. The molecule has 106 valence electrons. The second kappa shape index (κ2) is 4.94. The van der Waals surface area contributed by atoms with E-state index in [0.717, 1.165) is 11.1 Å². The van der Waals surface area contributed by atoms with Gasteiger partial charge >= 0.3 is 5.97 Å². The zero-order valence-corrected chi connectivity index (χ0v) is 11.7. The van der Waals surface area contributed by atoms with Crippen LogP contribution in [0.4, 0.5) is 0 Å². The maximum absolute atomic E-state index is 11.4. The number of rotatable bonds is 3. The Morgan fingerprint density at radius 1 is 1.29 bits per heavy atom. The van der Waals surface area contributed by atoms with E-state index in [1.807, 2.05) is 49.5 Å². The van der Waals surface area contributed by atoms with Crippen molar-refractivity contribution in [3.63, 3.8) is 0 Å². The highest BCUT2D eigenvalue weighted by Gasteiger charge is 2.18. The Labute approximate surface area is 121 Å². The summed E-state index contributed by atoms with van der Waals surface area (Å²) in [7, 11) is 1.59. The van der Waals surface area contributed by atoms with Crippen molar-refractivity contribution >= 4 is 11.5 Å². The van der Waals surface area contributed by atoms with Gasteiger partial charge in [-0.3, -0.25) is 4.40 Å². The van der Waals surface area contributed by atoms with Gasteiger partial charge in [-0.05, 0) is 36.8 Å². The molecule has 5 nitrogen and oxygen atoms in total. The topological polar surface area (TPSA) is 63.8 Å². The van der Waals surface area contributed by atoms with Crippen LogP contribution in [0.5, 0.6) is 5.75 Å². The number of carboxylic acids is 1. The summed E-state index contributed by atoms with van der Waals surface area (Å²) in [6.07, 6.45) is 1.83. The Hall–Kier alpha value is -2.82. The molecule has 3 aromatic rings.